The highest BCUT2D eigenvalue weighted by Crippen LogP contribution is 2.28. The van der Waals surface area contributed by atoms with E-state index in [1.807, 2.05) is 0 Å². The third-order valence-corrected chi connectivity index (χ3v) is 3.82. The lowest BCUT2D eigenvalue weighted by Crippen LogP contribution is -2.58. The number of ether oxygens (including phenoxy) is 1. The van der Waals surface area contributed by atoms with Gasteiger partial charge in [-0.15, -0.1) is 0 Å². The Morgan fingerprint density at radius 2 is 2.16 bits per heavy atom. The largest absolute Gasteiger partial charge is 0.507 e. The Balaban J connectivity index is 2.27. The molecule has 0 aromatic carbocycles. The molecule has 7 nitrogen and oxygen atoms in total. The summed E-state index contributed by atoms with van der Waals surface area (Å²) >= 11 is 4.12. The maximum absolute atomic E-state index is 12.4. The van der Waals surface area contributed by atoms with E-state index in [0.717, 1.165) is 0 Å². The molecule has 2 heterocycles. The zero-order valence-corrected chi connectivity index (χ0v) is 11.2. The average Bonchev–Trinajstić information content (AvgIpc) is 2.48. The Morgan fingerprint density at radius 3 is 2.79 bits per heavy atom. The zero-order valence-electron chi connectivity index (χ0n) is 10.3. The first-order valence-corrected chi connectivity index (χ1v) is 6.81. The van der Waals surface area contributed by atoms with Crippen LogP contribution in [0.4, 0.5) is 4.79 Å². The fraction of sp³-hybridized carbons (Fsp3) is 0.727. The molecule has 2 atom stereocenters. The molecule has 19 heavy (non-hydrogen) atoms. The van der Waals surface area contributed by atoms with Crippen molar-refractivity contribution in [3.8, 4) is 0 Å². The Morgan fingerprint density at radius 1 is 1.42 bits per heavy atom. The minimum absolute atomic E-state index is 0.170. The van der Waals surface area contributed by atoms with E-state index in [-0.39, 0.29) is 24.2 Å². The minimum Gasteiger partial charge on any atom is -0.450 e. The Labute approximate surface area is 115 Å². The van der Waals surface area contributed by atoms with Crippen LogP contribution in [-0.4, -0.2) is 51.6 Å². The predicted molar refractivity (Wildman–Crippen MR) is 67.3 cm³/mol. The minimum atomic E-state index is -1.45. The lowest BCUT2D eigenvalue weighted by atomic mass is 10.0. The van der Waals surface area contributed by atoms with Gasteiger partial charge in [-0.25, -0.2) is 14.8 Å². The molecule has 0 radical (unpaired) electrons. The lowest BCUT2D eigenvalue weighted by Gasteiger charge is -2.42. The maximum Gasteiger partial charge on any atom is 0.507 e. The number of hydrazine groups is 1. The summed E-state index contributed by atoms with van der Waals surface area (Å²) in [4.78, 5) is 35.0. The molecule has 0 aromatic rings. The zero-order chi connectivity index (χ0) is 14.0. The number of fused-ring (bicyclic) bond motifs is 1. The van der Waals surface area contributed by atoms with Crippen molar-refractivity contribution in [1.29, 1.82) is 0 Å². The molecule has 106 valence electrons. The van der Waals surface area contributed by atoms with Gasteiger partial charge in [-0.3, -0.25) is 9.59 Å². The second-order valence-corrected chi connectivity index (χ2v) is 4.96. The van der Waals surface area contributed by atoms with Gasteiger partial charge in [-0.2, -0.15) is 12.6 Å². The van der Waals surface area contributed by atoms with Gasteiger partial charge in [0.15, 0.2) is 6.23 Å². The number of nitrogens with zero attached hydrogens (tertiary/aromatic N) is 2. The van der Waals surface area contributed by atoms with Crippen LogP contribution >= 0.6 is 12.6 Å². The third kappa shape index (κ3) is 2.78. The summed E-state index contributed by atoms with van der Waals surface area (Å²) < 4.78 is 4.73. The summed E-state index contributed by atoms with van der Waals surface area (Å²) in [5, 5.41) is 11.2. The van der Waals surface area contributed by atoms with Crippen molar-refractivity contribution in [1.82, 2.24) is 10.0 Å². The van der Waals surface area contributed by atoms with Crippen LogP contribution in [0.25, 0.3) is 0 Å². The van der Waals surface area contributed by atoms with Gasteiger partial charge in [0, 0.05) is 31.1 Å². The van der Waals surface area contributed by atoms with Gasteiger partial charge in [-0.1, -0.05) is 0 Å². The van der Waals surface area contributed by atoms with Crippen LogP contribution in [0.3, 0.4) is 0 Å². The number of thiol groups is 1. The Kier molecular flexibility index (Phi) is 4.18. The molecule has 2 rings (SSSR count). The van der Waals surface area contributed by atoms with Crippen LogP contribution in [0.5, 0.6) is 0 Å². The number of rotatable bonds is 2. The summed E-state index contributed by atoms with van der Waals surface area (Å²) in [7, 11) is 0. The normalized spacial score (nSPS) is 27.8. The topological polar surface area (TPSA) is 87.1 Å². The summed E-state index contributed by atoms with van der Waals surface area (Å²) in [6.07, 6.45) is -0.636. The quantitative estimate of drug-likeness (QED) is 0.577. The molecule has 0 saturated carbocycles. The van der Waals surface area contributed by atoms with Crippen molar-refractivity contribution in [3.05, 3.63) is 0 Å². The van der Waals surface area contributed by atoms with E-state index in [0.29, 0.717) is 31.6 Å². The van der Waals surface area contributed by atoms with Crippen molar-refractivity contribution in [2.24, 2.45) is 5.92 Å². The fourth-order valence-corrected chi connectivity index (χ4v) is 2.78. The molecule has 2 aliphatic rings. The number of hydrogen-bond acceptors (Lipinski definition) is 5. The van der Waals surface area contributed by atoms with Gasteiger partial charge in [0.05, 0.1) is 0 Å². The second-order valence-electron chi connectivity index (χ2n) is 4.60. The molecule has 2 fully saturated rings. The average molecular weight is 288 g/mol. The molecule has 2 unspecified atom stereocenters. The highest BCUT2D eigenvalue weighted by Gasteiger charge is 2.42. The van der Waals surface area contributed by atoms with E-state index in [4.69, 9.17) is 9.84 Å². The second kappa shape index (κ2) is 5.68. The van der Waals surface area contributed by atoms with Crippen molar-refractivity contribution in [2.45, 2.75) is 31.9 Å². The molecule has 0 spiro atoms. The summed E-state index contributed by atoms with van der Waals surface area (Å²) in [5.41, 5.74) is 0. The Hall–Kier alpha value is -1.44. The summed E-state index contributed by atoms with van der Waals surface area (Å²) in [5.74, 6) is -0.505. The van der Waals surface area contributed by atoms with Crippen LogP contribution in [-0.2, 0) is 14.3 Å². The van der Waals surface area contributed by atoms with Gasteiger partial charge in [0.2, 0.25) is 11.8 Å². The van der Waals surface area contributed by atoms with Crippen molar-refractivity contribution in [2.75, 3.05) is 12.3 Å². The summed E-state index contributed by atoms with van der Waals surface area (Å²) in [6, 6.07) is 0. The van der Waals surface area contributed by atoms with Crippen LogP contribution in [0, 0.1) is 5.92 Å². The smallest absolute Gasteiger partial charge is 0.450 e. The molecule has 2 saturated heterocycles. The Bertz CT molecular complexity index is 403. The lowest BCUT2D eigenvalue weighted by molar-refractivity contribution is -0.196. The molecule has 1 N–H and O–H groups in total. The highest BCUT2D eigenvalue weighted by molar-refractivity contribution is 7.80. The monoisotopic (exact) mass is 288 g/mol. The van der Waals surface area contributed by atoms with Crippen LogP contribution in [0.1, 0.15) is 25.7 Å². The first-order chi connectivity index (χ1) is 9.04. The predicted octanol–water partition coefficient (Wildman–Crippen LogP) is 0.713. The van der Waals surface area contributed by atoms with E-state index in [1.54, 1.807) is 0 Å². The molecule has 2 aliphatic heterocycles. The molecule has 8 heteroatoms. The third-order valence-electron chi connectivity index (χ3n) is 3.38. The van der Waals surface area contributed by atoms with Crippen LogP contribution in [0.15, 0.2) is 0 Å². The number of hydrogen-bond donors (Lipinski definition) is 2. The van der Waals surface area contributed by atoms with Crippen molar-refractivity contribution < 1.29 is 24.2 Å². The van der Waals surface area contributed by atoms with Gasteiger partial charge >= 0.3 is 6.16 Å². The van der Waals surface area contributed by atoms with E-state index >= 15 is 0 Å². The first kappa shape index (κ1) is 14.0. The molecule has 2 amide bonds. The van der Waals surface area contributed by atoms with Gasteiger partial charge < -0.3 is 9.84 Å². The fourth-order valence-electron chi connectivity index (χ4n) is 2.44. The SMILES string of the molecule is O=C(O)OC1CCCN2C(=O)CCC(CS)C(=O)N12. The van der Waals surface area contributed by atoms with Crippen LogP contribution < -0.4 is 0 Å². The summed E-state index contributed by atoms with van der Waals surface area (Å²) in [6.45, 7) is 0.420. The van der Waals surface area contributed by atoms with Gasteiger partial charge in [0.25, 0.3) is 0 Å². The van der Waals surface area contributed by atoms with Crippen molar-refractivity contribution in [3.63, 3.8) is 0 Å². The molecular formula is C11H16N2O5S. The maximum atomic E-state index is 12.4. The molecule has 0 aliphatic carbocycles. The van der Waals surface area contributed by atoms with E-state index in [1.165, 1.54) is 10.0 Å². The van der Waals surface area contributed by atoms with E-state index < -0.39 is 12.4 Å². The standard InChI is InChI=1S/C11H16N2O5S/c14-8-4-3-7(6-19)10(15)13-9(18-11(16)17)2-1-5-12(8)13/h7,9,19H,1-6H2,(H,16,17). The van der Waals surface area contributed by atoms with Crippen LogP contribution in [0.2, 0.25) is 0 Å². The first-order valence-electron chi connectivity index (χ1n) is 6.18. The molecular weight excluding hydrogens is 272 g/mol. The van der Waals surface area contributed by atoms with Gasteiger partial charge in [-0.05, 0) is 12.8 Å². The van der Waals surface area contributed by atoms with E-state index in [9.17, 15) is 14.4 Å². The number of carboxylic acid groups (broad SMARTS) is 1. The molecule has 0 bridgehead atoms. The highest BCUT2D eigenvalue weighted by atomic mass is 32.1. The number of amides is 2. The molecule has 0 aromatic heterocycles. The number of carbonyl (C=O) groups excluding carboxylic acids is 2. The van der Waals surface area contributed by atoms with E-state index in [2.05, 4.69) is 12.6 Å². The number of carbonyl (C=O) groups is 3. The van der Waals surface area contributed by atoms with Crippen molar-refractivity contribution >= 4 is 30.6 Å². The van der Waals surface area contributed by atoms with Gasteiger partial charge in [0.1, 0.15) is 0 Å².